The zero-order valence-corrected chi connectivity index (χ0v) is 10.8. The zero-order chi connectivity index (χ0) is 13.9. The standard InChI is InChI=1S/C13H14FN5O/c14-11-3-1-2-10(8-11)12-16-18-19(17-12)7-6-15-13(20)9-4-5-9/h1-3,8-9H,4-7H2,(H,15,20). The Bertz CT molecular complexity index is 623. The number of halogens is 1. The van der Waals surface area contributed by atoms with Gasteiger partial charge in [0, 0.05) is 18.0 Å². The van der Waals surface area contributed by atoms with E-state index in [-0.39, 0.29) is 17.6 Å². The van der Waals surface area contributed by atoms with Crippen LogP contribution in [0.15, 0.2) is 24.3 Å². The summed E-state index contributed by atoms with van der Waals surface area (Å²) in [6, 6.07) is 6.04. The Labute approximate surface area is 115 Å². The molecule has 2 aromatic rings. The van der Waals surface area contributed by atoms with Gasteiger partial charge >= 0.3 is 0 Å². The summed E-state index contributed by atoms with van der Waals surface area (Å²) in [7, 11) is 0. The Hall–Kier alpha value is -2.31. The van der Waals surface area contributed by atoms with Crippen LogP contribution in [0.2, 0.25) is 0 Å². The highest BCUT2D eigenvalue weighted by atomic mass is 19.1. The maximum Gasteiger partial charge on any atom is 0.223 e. The van der Waals surface area contributed by atoms with Crippen LogP contribution in [0.3, 0.4) is 0 Å². The van der Waals surface area contributed by atoms with Gasteiger partial charge < -0.3 is 5.32 Å². The molecule has 1 saturated carbocycles. The van der Waals surface area contributed by atoms with Gasteiger partial charge in [0.05, 0.1) is 6.54 Å². The van der Waals surface area contributed by atoms with Gasteiger partial charge in [-0.1, -0.05) is 12.1 Å². The van der Waals surface area contributed by atoms with Crippen molar-refractivity contribution in [2.75, 3.05) is 6.54 Å². The first-order chi connectivity index (χ1) is 9.72. The van der Waals surface area contributed by atoms with E-state index in [4.69, 9.17) is 0 Å². The predicted octanol–water partition coefficient (Wildman–Crippen LogP) is 1.01. The van der Waals surface area contributed by atoms with Crippen molar-refractivity contribution in [2.45, 2.75) is 19.4 Å². The van der Waals surface area contributed by atoms with Crippen LogP contribution in [0.4, 0.5) is 4.39 Å². The molecule has 1 N–H and O–H groups in total. The molecule has 20 heavy (non-hydrogen) atoms. The normalized spacial score (nSPS) is 14.2. The van der Waals surface area contributed by atoms with E-state index in [1.54, 1.807) is 12.1 Å². The van der Waals surface area contributed by atoms with E-state index in [1.807, 2.05) is 0 Å². The molecule has 1 aromatic heterocycles. The Morgan fingerprint density at radius 3 is 3.05 bits per heavy atom. The van der Waals surface area contributed by atoms with E-state index in [2.05, 4.69) is 20.7 Å². The lowest BCUT2D eigenvalue weighted by molar-refractivity contribution is -0.122. The lowest BCUT2D eigenvalue weighted by Crippen LogP contribution is -2.28. The van der Waals surface area contributed by atoms with Gasteiger partial charge in [-0.15, -0.1) is 10.2 Å². The van der Waals surface area contributed by atoms with Gasteiger partial charge in [0.2, 0.25) is 11.7 Å². The molecule has 1 aliphatic carbocycles. The number of benzene rings is 1. The van der Waals surface area contributed by atoms with Crippen molar-refractivity contribution in [2.24, 2.45) is 5.92 Å². The van der Waals surface area contributed by atoms with Crippen LogP contribution in [-0.2, 0) is 11.3 Å². The van der Waals surface area contributed by atoms with Gasteiger partial charge in [-0.05, 0) is 30.2 Å². The molecule has 0 atom stereocenters. The second kappa shape index (κ2) is 5.36. The lowest BCUT2D eigenvalue weighted by atomic mass is 10.2. The Balaban J connectivity index is 1.57. The minimum Gasteiger partial charge on any atom is -0.354 e. The van der Waals surface area contributed by atoms with Crippen LogP contribution in [0.25, 0.3) is 11.4 Å². The Morgan fingerprint density at radius 2 is 2.30 bits per heavy atom. The van der Waals surface area contributed by atoms with Gasteiger partial charge in [0.1, 0.15) is 5.82 Å². The van der Waals surface area contributed by atoms with E-state index < -0.39 is 0 Å². The van der Waals surface area contributed by atoms with Crippen molar-refractivity contribution in [1.82, 2.24) is 25.5 Å². The first kappa shape index (κ1) is 12.7. The fourth-order valence-electron chi connectivity index (χ4n) is 1.85. The van der Waals surface area contributed by atoms with Gasteiger partial charge in [0.15, 0.2) is 0 Å². The average molecular weight is 275 g/mol. The molecule has 0 spiro atoms. The predicted molar refractivity (Wildman–Crippen MR) is 68.9 cm³/mol. The summed E-state index contributed by atoms with van der Waals surface area (Å²) in [5.41, 5.74) is 0.582. The smallest absolute Gasteiger partial charge is 0.223 e. The number of nitrogens with zero attached hydrogens (tertiary/aromatic N) is 4. The molecule has 6 nitrogen and oxygen atoms in total. The second-order valence-electron chi connectivity index (χ2n) is 4.78. The van der Waals surface area contributed by atoms with Crippen molar-refractivity contribution >= 4 is 5.91 Å². The van der Waals surface area contributed by atoms with Crippen molar-refractivity contribution in [3.8, 4) is 11.4 Å². The topological polar surface area (TPSA) is 72.7 Å². The second-order valence-corrected chi connectivity index (χ2v) is 4.78. The van der Waals surface area contributed by atoms with Crippen molar-refractivity contribution < 1.29 is 9.18 Å². The third-order valence-electron chi connectivity index (χ3n) is 3.09. The molecule has 1 aliphatic rings. The molecular weight excluding hydrogens is 261 g/mol. The summed E-state index contributed by atoms with van der Waals surface area (Å²) in [4.78, 5) is 12.8. The summed E-state index contributed by atoms with van der Waals surface area (Å²) >= 11 is 0. The summed E-state index contributed by atoms with van der Waals surface area (Å²) in [6.45, 7) is 0.912. The summed E-state index contributed by atoms with van der Waals surface area (Å²) in [5.74, 6) is 0.325. The number of rotatable bonds is 5. The summed E-state index contributed by atoms with van der Waals surface area (Å²) < 4.78 is 13.1. The highest BCUT2D eigenvalue weighted by Gasteiger charge is 2.29. The fourth-order valence-corrected chi connectivity index (χ4v) is 1.85. The molecule has 1 aromatic carbocycles. The number of tetrazole rings is 1. The van der Waals surface area contributed by atoms with Crippen LogP contribution in [0.1, 0.15) is 12.8 Å². The van der Waals surface area contributed by atoms with E-state index in [0.717, 1.165) is 12.8 Å². The van der Waals surface area contributed by atoms with Crippen LogP contribution < -0.4 is 5.32 Å². The fraction of sp³-hybridized carbons (Fsp3) is 0.385. The van der Waals surface area contributed by atoms with Crippen molar-refractivity contribution in [1.29, 1.82) is 0 Å². The van der Waals surface area contributed by atoms with E-state index in [9.17, 15) is 9.18 Å². The third-order valence-corrected chi connectivity index (χ3v) is 3.09. The molecule has 0 unspecified atom stereocenters. The molecule has 7 heteroatoms. The van der Waals surface area contributed by atoms with E-state index >= 15 is 0 Å². The number of nitrogens with one attached hydrogen (secondary N) is 1. The third kappa shape index (κ3) is 2.98. The van der Waals surface area contributed by atoms with Crippen LogP contribution in [-0.4, -0.2) is 32.7 Å². The lowest BCUT2D eigenvalue weighted by Gasteiger charge is -2.02. The first-order valence-electron chi connectivity index (χ1n) is 6.54. The molecule has 3 rings (SSSR count). The highest BCUT2D eigenvalue weighted by Crippen LogP contribution is 2.28. The quantitative estimate of drug-likeness (QED) is 0.883. The van der Waals surface area contributed by atoms with Crippen LogP contribution in [0, 0.1) is 11.7 Å². The molecule has 0 aliphatic heterocycles. The molecule has 1 fully saturated rings. The SMILES string of the molecule is O=C(NCCn1nnc(-c2cccc(F)c2)n1)C1CC1. The van der Waals surface area contributed by atoms with Crippen molar-refractivity contribution in [3.63, 3.8) is 0 Å². The van der Waals surface area contributed by atoms with Crippen molar-refractivity contribution in [3.05, 3.63) is 30.1 Å². The van der Waals surface area contributed by atoms with Crippen LogP contribution >= 0.6 is 0 Å². The van der Waals surface area contributed by atoms with Gasteiger partial charge in [0.25, 0.3) is 0 Å². The number of carbonyl (C=O) groups excluding carboxylic acids is 1. The molecule has 104 valence electrons. The number of carbonyl (C=O) groups is 1. The number of amides is 1. The zero-order valence-electron chi connectivity index (χ0n) is 10.8. The van der Waals surface area contributed by atoms with E-state index in [1.165, 1.54) is 16.9 Å². The highest BCUT2D eigenvalue weighted by molar-refractivity contribution is 5.80. The first-order valence-corrected chi connectivity index (χ1v) is 6.54. The molecule has 0 radical (unpaired) electrons. The minimum absolute atomic E-state index is 0.0930. The molecular formula is C13H14FN5O. The molecule has 0 bridgehead atoms. The number of aromatic nitrogens is 4. The van der Waals surface area contributed by atoms with Gasteiger partial charge in [-0.2, -0.15) is 4.80 Å². The largest absolute Gasteiger partial charge is 0.354 e. The molecule has 0 saturated heterocycles. The van der Waals surface area contributed by atoms with Crippen LogP contribution in [0.5, 0.6) is 0 Å². The number of hydrogen-bond acceptors (Lipinski definition) is 4. The maximum atomic E-state index is 13.1. The Kier molecular flexibility index (Phi) is 3.41. The maximum absolute atomic E-state index is 13.1. The summed E-state index contributed by atoms with van der Waals surface area (Å²) in [5, 5.41) is 14.7. The molecule has 1 heterocycles. The summed E-state index contributed by atoms with van der Waals surface area (Å²) in [6.07, 6.45) is 1.97. The van der Waals surface area contributed by atoms with E-state index in [0.29, 0.717) is 24.5 Å². The number of hydrogen-bond donors (Lipinski definition) is 1. The molecule has 1 amide bonds. The minimum atomic E-state index is -0.337. The Morgan fingerprint density at radius 1 is 1.45 bits per heavy atom. The average Bonchev–Trinajstić information content (AvgIpc) is 3.19. The van der Waals surface area contributed by atoms with Gasteiger partial charge in [-0.25, -0.2) is 4.39 Å². The monoisotopic (exact) mass is 275 g/mol. The van der Waals surface area contributed by atoms with Gasteiger partial charge in [-0.3, -0.25) is 4.79 Å².